The highest BCUT2D eigenvalue weighted by atomic mass is 16.5. The molecule has 3 N–H and O–H groups in total. The average Bonchev–Trinajstić information content (AvgIpc) is 3.34. The van der Waals surface area contributed by atoms with Crippen molar-refractivity contribution in [1.82, 2.24) is 5.32 Å². The summed E-state index contributed by atoms with van der Waals surface area (Å²) in [6.45, 7) is 4.88. The van der Waals surface area contributed by atoms with Crippen LogP contribution in [0, 0.1) is 0 Å². The van der Waals surface area contributed by atoms with Crippen molar-refractivity contribution >= 4 is 11.9 Å². The third kappa shape index (κ3) is 53.4. The normalized spacial score (nSPS) is 12.8. The number of carbonyl (C=O) groups excluding carboxylic acids is 2. The molecule has 0 aliphatic rings. The molecule has 0 saturated carbocycles. The number of aliphatic hydroxyl groups is 2. The van der Waals surface area contributed by atoms with Gasteiger partial charge in [-0.15, -0.1) is 0 Å². The second kappa shape index (κ2) is 57.7. The first-order valence-electron chi connectivity index (χ1n) is 30.3. The Morgan fingerprint density at radius 1 is 0.397 bits per heavy atom. The Kier molecular flexibility index (Phi) is 56.0. The summed E-state index contributed by atoms with van der Waals surface area (Å²) in [5.41, 5.74) is 0. The van der Waals surface area contributed by atoms with Crippen molar-refractivity contribution in [3.63, 3.8) is 0 Å². The summed E-state index contributed by atoms with van der Waals surface area (Å²) in [6, 6.07) is -0.628. The van der Waals surface area contributed by atoms with Gasteiger partial charge >= 0.3 is 5.97 Å². The molecule has 6 nitrogen and oxygen atoms in total. The number of hydrogen-bond donors (Lipinski definition) is 3. The number of hydrogen-bond acceptors (Lipinski definition) is 5. The fraction of sp³-hybridized carbons (Fsp3) is 0.871. The summed E-state index contributed by atoms with van der Waals surface area (Å²) >= 11 is 0. The molecule has 400 valence electrons. The van der Waals surface area contributed by atoms with E-state index < -0.39 is 12.1 Å². The molecule has 0 aliphatic carbocycles. The molecule has 0 aromatic carbocycles. The SMILES string of the molecule is CCCCC/C=C\CCCCCCCC(=O)OCCCCCCCCCCCCCC/C=C\CCCCCCCCCCCCC(=O)NC(CO)C(O)/C=C/CCCCCCCCCCCCC. The van der Waals surface area contributed by atoms with Gasteiger partial charge in [0.05, 0.1) is 25.4 Å². The maximum Gasteiger partial charge on any atom is 0.305 e. The highest BCUT2D eigenvalue weighted by Crippen LogP contribution is 2.16. The van der Waals surface area contributed by atoms with Crippen LogP contribution in [0.2, 0.25) is 0 Å². The number of aliphatic hydroxyl groups excluding tert-OH is 2. The molecule has 0 saturated heterocycles. The van der Waals surface area contributed by atoms with Gasteiger partial charge in [0.1, 0.15) is 0 Å². The fourth-order valence-electron chi connectivity index (χ4n) is 9.21. The van der Waals surface area contributed by atoms with Crippen LogP contribution in [-0.4, -0.2) is 47.4 Å². The van der Waals surface area contributed by atoms with Crippen LogP contribution in [0.3, 0.4) is 0 Å². The Bertz CT molecular complexity index is 1100. The molecule has 0 bridgehead atoms. The summed E-state index contributed by atoms with van der Waals surface area (Å²) in [5.74, 6) is -0.0662. The van der Waals surface area contributed by atoms with E-state index in [1.54, 1.807) is 6.08 Å². The minimum atomic E-state index is -0.845. The maximum absolute atomic E-state index is 12.4. The minimum Gasteiger partial charge on any atom is -0.466 e. The number of nitrogens with one attached hydrogen (secondary N) is 1. The Labute approximate surface area is 424 Å². The van der Waals surface area contributed by atoms with Gasteiger partial charge in [-0.2, -0.15) is 0 Å². The second-order valence-corrected chi connectivity index (χ2v) is 20.7. The molecule has 0 fully saturated rings. The Balaban J connectivity index is 3.41. The Hall–Kier alpha value is -1.92. The van der Waals surface area contributed by atoms with E-state index in [1.807, 2.05) is 6.08 Å². The highest BCUT2D eigenvalue weighted by molar-refractivity contribution is 5.76. The topological polar surface area (TPSA) is 95.9 Å². The molecule has 0 aliphatic heterocycles. The molecule has 0 rings (SSSR count). The van der Waals surface area contributed by atoms with Crippen LogP contribution in [0.1, 0.15) is 322 Å². The molecule has 0 aromatic rings. The summed E-state index contributed by atoms with van der Waals surface area (Å²) in [5, 5.41) is 23.1. The van der Waals surface area contributed by atoms with E-state index >= 15 is 0 Å². The molecule has 6 heteroatoms. The molecule has 1 amide bonds. The zero-order valence-corrected chi connectivity index (χ0v) is 45.6. The first kappa shape index (κ1) is 66.1. The molecule has 0 aromatic heterocycles. The van der Waals surface area contributed by atoms with Crippen molar-refractivity contribution in [3.05, 3.63) is 36.5 Å². The highest BCUT2D eigenvalue weighted by Gasteiger charge is 2.18. The quantitative estimate of drug-likeness (QED) is 0.0321. The summed E-state index contributed by atoms with van der Waals surface area (Å²) < 4.78 is 5.46. The van der Waals surface area contributed by atoms with Crippen LogP contribution < -0.4 is 5.32 Å². The number of ether oxygens (including phenoxy) is 1. The van der Waals surface area contributed by atoms with E-state index in [2.05, 4.69) is 43.5 Å². The second-order valence-electron chi connectivity index (χ2n) is 20.7. The van der Waals surface area contributed by atoms with Crippen LogP contribution >= 0.6 is 0 Å². The Morgan fingerprint density at radius 3 is 1.07 bits per heavy atom. The zero-order chi connectivity index (χ0) is 49.3. The van der Waals surface area contributed by atoms with Gasteiger partial charge in [-0.3, -0.25) is 9.59 Å². The molecule has 0 radical (unpaired) electrons. The standard InChI is InChI=1S/C62H117NO5/c1-3-5-7-9-11-13-15-31-34-38-42-46-50-54-60(65)59(58-64)63-61(66)55-51-47-43-39-35-32-29-27-25-23-21-19-17-18-20-22-24-26-28-30-33-37-41-45-49-53-57-68-62(67)56-52-48-44-40-36-16-14-12-10-8-6-4-2/h12,14,17,19,50,54,59-60,64-65H,3-11,13,15-16,18,20-49,51-53,55-58H2,1-2H3,(H,63,66)/b14-12-,19-17-,54-50+. The summed E-state index contributed by atoms with van der Waals surface area (Å²) in [6.07, 6.45) is 71.8. The van der Waals surface area contributed by atoms with Crippen LogP contribution in [0.15, 0.2) is 36.5 Å². The van der Waals surface area contributed by atoms with Crippen molar-refractivity contribution in [2.45, 2.75) is 334 Å². The van der Waals surface area contributed by atoms with Gasteiger partial charge in [0.25, 0.3) is 0 Å². The lowest BCUT2D eigenvalue weighted by Crippen LogP contribution is -2.45. The van der Waals surface area contributed by atoms with Crippen LogP contribution in [-0.2, 0) is 14.3 Å². The smallest absolute Gasteiger partial charge is 0.305 e. The zero-order valence-electron chi connectivity index (χ0n) is 45.6. The first-order valence-corrected chi connectivity index (χ1v) is 30.3. The van der Waals surface area contributed by atoms with Crippen molar-refractivity contribution in [2.24, 2.45) is 0 Å². The van der Waals surface area contributed by atoms with E-state index in [1.165, 1.54) is 250 Å². The van der Waals surface area contributed by atoms with Crippen LogP contribution in [0.5, 0.6) is 0 Å². The van der Waals surface area contributed by atoms with Gasteiger partial charge in [-0.05, 0) is 83.5 Å². The molecule has 2 atom stereocenters. The van der Waals surface area contributed by atoms with Gasteiger partial charge in [-0.25, -0.2) is 0 Å². The predicted molar refractivity (Wildman–Crippen MR) is 296 cm³/mol. The number of unbranched alkanes of at least 4 members (excludes halogenated alkanes) is 41. The molecule has 0 heterocycles. The lowest BCUT2D eigenvalue weighted by atomic mass is 10.0. The van der Waals surface area contributed by atoms with Crippen molar-refractivity contribution in [3.8, 4) is 0 Å². The van der Waals surface area contributed by atoms with E-state index in [4.69, 9.17) is 4.74 Å². The van der Waals surface area contributed by atoms with E-state index in [-0.39, 0.29) is 18.5 Å². The lowest BCUT2D eigenvalue weighted by Gasteiger charge is -2.20. The number of carbonyl (C=O) groups is 2. The van der Waals surface area contributed by atoms with Gasteiger partial charge in [0.15, 0.2) is 0 Å². The third-order valence-corrected chi connectivity index (χ3v) is 13.9. The van der Waals surface area contributed by atoms with E-state index in [0.29, 0.717) is 19.4 Å². The number of amides is 1. The maximum atomic E-state index is 12.4. The van der Waals surface area contributed by atoms with E-state index in [0.717, 1.165) is 44.9 Å². The van der Waals surface area contributed by atoms with Crippen molar-refractivity contribution in [2.75, 3.05) is 13.2 Å². The summed E-state index contributed by atoms with van der Waals surface area (Å²) in [7, 11) is 0. The number of allylic oxidation sites excluding steroid dienone is 5. The number of esters is 1. The van der Waals surface area contributed by atoms with Gasteiger partial charge in [0, 0.05) is 12.8 Å². The predicted octanol–water partition coefficient (Wildman–Crippen LogP) is 18.8. The largest absolute Gasteiger partial charge is 0.466 e. The van der Waals surface area contributed by atoms with Crippen molar-refractivity contribution < 1.29 is 24.5 Å². The average molecular weight is 957 g/mol. The third-order valence-electron chi connectivity index (χ3n) is 13.9. The molecule has 68 heavy (non-hydrogen) atoms. The lowest BCUT2D eigenvalue weighted by molar-refractivity contribution is -0.143. The van der Waals surface area contributed by atoms with E-state index in [9.17, 15) is 19.8 Å². The summed E-state index contributed by atoms with van der Waals surface area (Å²) in [4.78, 5) is 24.4. The van der Waals surface area contributed by atoms with Gasteiger partial charge in [0.2, 0.25) is 5.91 Å². The molecule has 2 unspecified atom stereocenters. The number of rotatable bonds is 56. The van der Waals surface area contributed by atoms with Crippen molar-refractivity contribution in [1.29, 1.82) is 0 Å². The fourth-order valence-corrected chi connectivity index (χ4v) is 9.21. The molecular formula is C62H117NO5. The minimum absolute atomic E-state index is 0.00353. The Morgan fingerprint density at radius 2 is 0.691 bits per heavy atom. The van der Waals surface area contributed by atoms with Crippen LogP contribution in [0.4, 0.5) is 0 Å². The van der Waals surface area contributed by atoms with Crippen LogP contribution in [0.25, 0.3) is 0 Å². The van der Waals surface area contributed by atoms with Gasteiger partial charge in [-0.1, -0.05) is 262 Å². The monoisotopic (exact) mass is 956 g/mol. The first-order chi connectivity index (χ1) is 33.5. The molecule has 0 spiro atoms. The molecular weight excluding hydrogens is 839 g/mol. The van der Waals surface area contributed by atoms with Gasteiger partial charge < -0.3 is 20.3 Å².